The quantitative estimate of drug-likeness (QED) is 0.248. The van der Waals surface area contributed by atoms with Crippen molar-refractivity contribution in [1.29, 1.82) is 0 Å². The van der Waals surface area contributed by atoms with Crippen LogP contribution in [0.3, 0.4) is 0 Å². The zero-order valence-corrected chi connectivity index (χ0v) is 15.2. The van der Waals surface area contributed by atoms with Crippen molar-refractivity contribution in [2.45, 2.75) is 43.0 Å². The zero-order chi connectivity index (χ0) is 18.4. The predicted octanol–water partition coefficient (Wildman–Crippen LogP) is 1.02. The first-order valence-electron chi connectivity index (χ1n) is 8.73. The third-order valence-corrected chi connectivity index (χ3v) is 6.03. The number of hydrogen-bond acceptors (Lipinski definition) is 4. The van der Waals surface area contributed by atoms with Gasteiger partial charge in [-0.15, -0.1) is 0 Å². The van der Waals surface area contributed by atoms with Gasteiger partial charge in [0.1, 0.15) is 0 Å². The van der Waals surface area contributed by atoms with Gasteiger partial charge >= 0.3 is 6.03 Å². The van der Waals surface area contributed by atoms with Crippen LogP contribution in [-0.4, -0.2) is 52.8 Å². The lowest BCUT2D eigenvalue weighted by atomic mass is 10.0. The van der Waals surface area contributed by atoms with Gasteiger partial charge < -0.3 is 20.9 Å². The van der Waals surface area contributed by atoms with E-state index in [2.05, 4.69) is 32.8 Å². The van der Waals surface area contributed by atoms with Gasteiger partial charge in [0.05, 0.1) is 24.3 Å². The van der Waals surface area contributed by atoms with Gasteiger partial charge in [-0.2, -0.15) is 11.8 Å². The molecule has 2 saturated heterocycles. The van der Waals surface area contributed by atoms with E-state index in [1.807, 2.05) is 11.8 Å². The topological polar surface area (TPSA) is 103 Å². The smallest absolute Gasteiger partial charge is 0.315 e. The lowest BCUT2D eigenvalue weighted by molar-refractivity contribution is -0.120. The van der Waals surface area contributed by atoms with E-state index in [1.54, 1.807) is 12.3 Å². The van der Waals surface area contributed by atoms with E-state index in [0.29, 0.717) is 23.9 Å². The first-order chi connectivity index (χ1) is 12.7. The Bertz CT molecular complexity index is 736. The van der Waals surface area contributed by atoms with Crippen molar-refractivity contribution in [2.24, 2.45) is 0 Å². The SMILES string of the molecule is O=Cc1cc(C#CCNC(=O)CCCCC2SCC3NC(=O)NC32)c[nH]1. The standard InChI is InChI=1S/C18H22N4O3S/c23-10-13-8-12(9-20-13)4-3-7-19-16(24)6-2-1-5-15-17-14(11-26-15)21-18(25)22-17/h8-10,14-15,17,20H,1-2,5-7,11H2,(H,19,24)(H2,21,22,25). The van der Waals surface area contributed by atoms with Crippen LogP contribution in [0.25, 0.3) is 0 Å². The summed E-state index contributed by atoms with van der Waals surface area (Å²) in [4.78, 5) is 36.5. The Labute approximate surface area is 156 Å². The third-order valence-electron chi connectivity index (χ3n) is 4.52. The molecule has 0 radical (unpaired) electrons. The number of H-pyrrole nitrogens is 1. The Morgan fingerprint density at radius 2 is 2.27 bits per heavy atom. The van der Waals surface area contributed by atoms with Crippen LogP contribution in [0.5, 0.6) is 0 Å². The van der Waals surface area contributed by atoms with Crippen molar-refractivity contribution in [3.63, 3.8) is 0 Å². The molecular weight excluding hydrogens is 352 g/mol. The minimum absolute atomic E-state index is 0.00487. The number of aromatic amines is 1. The second kappa shape index (κ2) is 8.81. The molecule has 1 aromatic rings. The van der Waals surface area contributed by atoms with E-state index in [9.17, 15) is 14.4 Å². The molecule has 2 aliphatic heterocycles. The molecule has 3 heterocycles. The van der Waals surface area contributed by atoms with Crippen molar-refractivity contribution >= 4 is 30.0 Å². The molecule has 3 amide bonds. The summed E-state index contributed by atoms with van der Waals surface area (Å²) in [5.74, 6) is 6.71. The van der Waals surface area contributed by atoms with Gasteiger partial charge in [-0.05, 0) is 18.9 Å². The van der Waals surface area contributed by atoms with Crippen LogP contribution in [0.4, 0.5) is 4.79 Å². The molecule has 8 heteroatoms. The molecule has 3 rings (SSSR count). The van der Waals surface area contributed by atoms with E-state index >= 15 is 0 Å². The van der Waals surface area contributed by atoms with Gasteiger partial charge in [-0.1, -0.05) is 18.3 Å². The fourth-order valence-corrected chi connectivity index (χ4v) is 4.75. The Hall–Kier alpha value is -2.40. The summed E-state index contributed by atoms with van der Waals surface area (Å²) in [6.45, 7) is 0.292. The molecule has 4 N–H and O–H groups in total. The zero-order valence-electron chi connectivity index (χ0n) is 14.3. The minimum atomic E-state index is -0.0622. The molecule has 2 aliphatic rings. The summed E-state index contributed by atoms with van der Waals surface area (Å²) in [6, 6.07) is 2.08. The number of aromatic nitrogens is 1. The number of carbonyl (C=O) groups excluding carboxylic acids is 3. The van der Waals surface area contributed by atoms with Gasteiger partial charge in [0.2, 0.25) is 5.91 Å². The normalized spacial score (nSPS) is 23.4. The summed E-state index contributed by atoms with van der Waals surface area (Å²) >= 11 is 1.89. The summed E-state index contributed by atoms with van der Waals surface area (Å²) < 4.78 is 0. The Balaban J connectivity index is 1.28. The van der Waals surface area contributed by atoms with Crippen molar-refractivity contribution in [3.05, 3.63) is 23.5 Å². The van der Waals surface area contributed by atoms with E-state index in [-0.39, 0.29) is 24.0 Å². The minimum Gasteiger partial charge on any atom is -0.358 e. The fourth-order valence-electron chi connectivity index (χ4n) is 3.20. The maximum atomic E-state index is 11.8. The Morgan fingerprint density at radius 1 is 1.38 bits per heavy atom. The number of amides is 3. The monoisotopic (exact) mass is 374 g/mol. The number of unbranched alkanes of at least 4 members (excludes halogenated alkanes) is 1. The summed E-state index contributed by atoms with van der Waals surface area (Å²) in [7, 11) is 0. The first-order valence-corrected chi connectivity index (χ1v) is 9.78. The number of thioether (sulfide) groups is 1. The molecule has 0 bridgehead atoms. The second-order valence-electron chi connectivity index (χ2n) is 6.41. The van der Waals surface area contributed by atoms with Crippen LogP contribution in [0, 0.1) is 11.8 Å². The molecule has 1 aromatic heterocycles. The Morgan fingerprint density at radius 3 is 3.08 bits per heavy atom. The molecule has 3 atom stereocenters. The van der Waals surface area contributed by atoms with Gasteiger partial charge in [0.25, 0.3) is 0 Å². The fraction of sp³-hybridized carbons (Fsp3) is 0.500. The maximum absolute atomic E-state index is 11.8. The lowest BCUT2D eigenvalue weighted by Gasteiger charge is -2.16. The molecule has 0 aromatic carbocycles. The molecule has 7 nitrogen and oxygen atoms in total. The molecular formula is C18H22N4O3S. The van der Waals surface area contributed by atoms with Crippen LogP contribution in [-0.2, 0) is 4.79 Å². The average molecular weight is 374 g/mol. The highest BCUT2D eigenvalue weighted by atomic mass is 32.2. The van der Waals surface area contributed by atoms with Crippen LogP contribution in [0.15, 0.2) is 12.3 Å². The van der Waals surface area contributed by atoms with Crippen molar-refractivity contribution in [2.75, 3.05) is 12.3 Å². The number of aldehydes is 1. The largest absolute Gasteiger partial charge is 0.358 e. The number of nitrogens with one attached hydrogen (secondary N) is 4. The van der Waals surface area contributed by atoms with Crippen LogP contribution in [0.2, 0.25) is 0 Å². The van der Waals surface area contributed by atoms with E-state index in [4.69, 9.17) is 0 Å². The van der Waals surface area contributed by atoms with E-state index in [1.165, 1.54) is 0 Å². The van der Waals surface area contributed by atoms with Gasteiger partial charge in [0.15, 0.2) is 6.29 Å². The first kappa shape index (κ1) is 18.4. The summed E-state index contributed by atoms with van der Waals surface area (Å²) in [5, 5.41) is 9.13. The van der Waals surface area contributed by atoms with Crippen molar-refractivity contribution in [3.8, 4) is 11.8 Å². The predicted molar refractivity (Wildman–Crippen MR) is 100 cm³/mol. The van der Waals surface area contributed by atoms with Crippen molar-refractivity contribution in [1.82, 2.24) is 20.9 Å². The highest BCUT2D eigenvalue weighted by Gasteiger charge is 2.42. The average Bonchev–Trinajstić information content (AvgIpc) is 3.32. The third kappa shape index (κ3) is 4.82. The highest BCUT2D eigenvalue weighted by molar-refractivity contribution is 8.00. The lowest BCUT2D eigenvalue weighted by Crippen LogP contribution is -2.36. The molecule has 3 unspecified atom stereocenters. The van der Waals surface area contributed by atoms with E-state index < -0.39 is 0 Å². The Kier molecular flexibility index (Phi) is 6.23. The number of hydrogen-bond donors (Lipinski definition) is 4. The van der Waals surface area contributed by atoms with Gasteiger partial charge in [-0.25, -0.2) is 4.79 Å². The number of urea groups is 1. The molecule has 0 spiro atoms. The molecule has 138 valence electrons. The van der Waals surface area contributed by atoms with Crippen molar-refractivity contribution < 1.29 is 14.4 Å². The number of rotatable bonds is 7. The summed E-state index contributed by atoms with van der Waals surface area (Å²) in [5.41, 5.74) is 1.21. The summed E-state index contributed by atoms with van der Waals surface area (Å²) in [6.07, 6.45) is 5.68. The molecule has 2 fully saturated rings. The van der Waals surface area contributed by atoms with Gasteiger partial charge in [0, 0.05) is 29.2 Å². The molecule has 0 saturated carbocycles. The van der Waals surface area contributed by atoms with Gasteiger partial charge in [-0.3, -0.25) is 9.59 Å². The van der Waals surface area contributed by atoms with Crippen LogP contribution >= 0.6 is 11.8 Å². The van der Waals surface area contributed by atoms with Crippen LogP contribution < -0.4 is 16.0 Å². The molecule has 26 heavy (non-hydrogen) atoms. The maximum Gasteiger partial charge on any atom is 0.315 e. The number of fused-ring (bicyclic) bond motifs is 1. The second-order valence-corrected chi connectivity index (χ2v) is 7.68. The molecule has 0 aliphatic carbocycles. The number of carbonyl (C=O) groups is 3. The highest BCUT2D eigenvalue weighted by Crippen LogP contribution is 2.33. The van der Waals surface area contributed by atoms with E-state index in [0.717, 1.165) is 36.9 Å². The van der Waals surface area contributed by atoms with Crippen LogP contribution in [0.1, 0.15) is 41.7 Å².